The Morgan fingerprint density at radius 3 is 2.65 bits per heavy atom. The summed E-state index contributed by atoms with van der Waals surface area (Å²) >= 11 is 4.17. The monoisotopic (exact) mass is 544 g/mol. The lowest BCUT2D eigenvalue weighted by molar-refractivity contribution is -0.143. The summed E-state index contributed by atoms with van der Waals surface area (Å²) in [7, 11) is 1.27. The predicted octanol–water partition coefficient (Wildman–Crippen LogP) is 3.62. The molecule has 0 saturated carbocycles. The van der Waals surface area contributed by atoms with Gasteiger partial charge in [0.15, 0.2) is 6.61 Å². The number of hydrogen-bond donors (Lipinski definition) is 0. The third-order valence-electron chi connectivity index (χ3n) is 5.48. The van der Waals surface area contributed by atoms with Crippen LogP contribution in [0.15, 0.2) is 51.8 Å². The molecule has 176 valence electrons. The second-order valence-corrected chi connectivity index (χ2v) is 9.50. The molecule has 0 bridgehead atoms. The normalized spacial score (nSPS) is 16.6. The van der Waals surface area contributed by atoms with Gasteiger partial charge in [-0.05, 0) is 69.0 Å². The number of amides is 3. The molecule has 2 aliphatic heterocycles. The molecule has 0 unspecified atom stereocenters. The molecule has 8 nitrogen and oxygen atoms in total. The fourth-order valence-electron chi connectivity index (χ4n) is 3.65. The van der Waals surface area contributed by atoms with Gasteiger partial charge in [-0.2, -0.15) is 0 Å². The molecular formula is C24H21BrN2O6S. The van der Waals surface area contributed by atoms with Crippen molar-refractivity contribution in [2.24, 2.45) is 0 Å². The summed E-state index contributed by atoms with van der Waals surface area (Å²) in [6, 6.07) is 13.0. The molecule has 10 heteroatoms. The lowest BCUT2D eigenvalue weighted by Crippen LogP contribution is -2.44. The number of methoxy groups -OCH3 is 1. The molecule has 0 spiro atoms. The molecule has 2 aliphatic rings. The Labute approximate surface area is 209 Å². The van der Waals surface area contributed by atoms with E-state index in [1.54, 1.807) is 29.2 Å². The lowest BCUT2D eigenvalue weighted by atomic mass is 10.00. The molecule has 0 N–H and O–H groups in total. The third-order valence-corrected chi connectivity index (χ3v) is 7.00. The fourth-order valence-corrected chi connectivity index (χ4v) is 5.00. The Kier molecular flexibility index (Phi) is 7.38. The minimum Gasteiger partial charge on any atom is -0.481 e. The van der Waals surface area contributed by atoms with Crippen LogP contribution in [0.5, 0.6) is 5.75 Å². The van der Waals surface area contributed by atoms with E-state index in [1.165, 1.54) is 12.7 Å². The summed E-state index contributed by atoms with van der Waals surface area (Å²) in [5.41, 5.74) is 2.95. The quantitative estimate of drug-likeness (QED) is 0.405. The molecule has 3 amide bonds. The van der Waals surface area contributed by atoms with Crippen molar-refractivity contribution in [2.45, 2.75) is 13.0 Å². The van der Waals surface area contributed by atoms with E-state index in [4.69, 9.17) is 4.74 Å². The Bertz CT molecular complexity index is 1200. The van der Waals surface area contributed by atoms with Crippen LogP contribution in [-0.2, 0) is 32.1 Å². The van der Waals surface area contributed by atoms with Gasteiger partial charge in [-0.25, -0.2) is 4.79 Å². The van der Waals surface area contributed by atoms with Gasteiger partial charge >= 0.3 is 5.97 Å². The van der Waals surface area contributed by atoms with Crippen LogP contribution in [0.1, 0.15) is 16.7 Å². The maximum Gasteiger partial charge on any atom is 0.343 e. The minimum absolute atomic E-state index is 0.232. The van der Waals surface area contributed by atoms with E-state index in [9.17, 15) is 19.2 Å². The highest BCUT2D eigenvalue weighted by molar-refractivity contribution is 9.10. The third kappa shape index (κ3) is 5.34. The number of nitrogens with zero attached hydrogens (tertiary/aromatic N) is 2. The molecule has 34 heavy (non-hydrogen) atoms. The Morgan fingerprint density at radius 2 is 1.91 bits per heavy atom. The number of fused-ring (bicyclic) bond motifs is 1. The van der Waals surface area contributed by atoms with Crippen LogP contribution < -0.4 is 4.74 Å². The van der Waals surface area contributed by atoms with Crippen molar-refractivity contribution >= 4 is 56.8 Å². The van der Waals surface area contributed by atoms with E-state index in [2.05, 4.69) is 26.7 Å². The summed E-state index contributed by atoms with van der Waals surface area (Å²) in [6.07, 6.45) is 2.33. The van der Waals surface area contributed by atoms with Crippen LogP contribution in [0.25, 0.3) is 6.08 Å². The number of ether oxygens (including phenoxy) is 2. The minimum atomic E-state index is -0.507. The fraction of sp³-hybridized carbons (Fsp3) is 0.250. The first kappa shape index (κ1) is 24.0. The maximum atomic E-state index is 12.9. The van der Waals surface area contributed by atoms with E-state index in [-0.39, 0.29) is 24.0 Å². The molecule has 2 aromatic carbocycles. The molecule has 4 rings (SSSR count). The van der Waals surface area contributed by atoms with Crippen molar-refractivity contribution in [1.82, 2.24) is 9.80 Å². The number of carbonyl (C=O) groups excluding carboxylic acids is 4. The molecule has 0 radical (unpaired) electrons. The van der Waals surface area contributed by atoms with Gasteiger partial charge < -0.3 is 14.4 Å². The standard InChI is InChI=1S/C24H21BrN2O6S/c1-32-22(29)14-33-19-7-6-15(10-18(19)25)11-20-23(30)27(24(31)34-20)13-21(28)26-9-8-16-4-2-3-5-17(16)12-26/h2-7,10-11H,8-9,12-14H2,1H3/b20-11+. The average Bonchev–Trinajstić information content (AvgIpc) is 3.10. The number of thioether (sulfide) groups is 1. The lowest BCUT2D eigenvalue weighted by Gasteiger charge is -2.29. The zero-order valence-corrected chi connectivity index (χ0v) is 20.7. The van der Waals surface area contributed by atoms with Crippen molar-refractivity contribution in [2.75, 3.05) is 26.8 Å². The van der Waals surface area contributed by atoms with Crippen LogP contribution in [-0.4, -0.2) is 59.6 Å². The van der Waals surface area contributed by atoms with Gasteiger partial charge in [-0.3, -0.25) is 19.3 Å². The molecule has 2 heterocycles. The van der Waals surface area contributed by atoms with E-state index in [0.29, 0.717) is 28.9 Å². The summed E-state index contributed by atoms with van der Waals surface area (Å²) in [4.78, 5) is 52.3. The van der Waals surface area contributed by atoms with E-state index in [0.717, 1.165) is 28.6 Å². The first-order valence-electron chi connectivity index (χ1n) is 10.4. The highest BCUT2D eigenvalue weighted by atomic mass is 79.9. The SMILES string of the molecule is COC(=O)COc1ccc(/C=C2/SC(=O)N(CC(=O)N3CCc4ccccc4C3)C2=O)cc1Br. The molecule has 1 fully saturated rings. The van der Waals surface area contributed by atoms with Gasteiger partial charge in [-0.15, -0.1) is 0 Å². The molecule has 2 aromatic rings. The number of carbonyl (C=O) groups is 4. The van der Waals surface area contributed by atoms with Gasteiger partial charge in [0.05, 0.1) is 16.5 Å². The molecule has 0 aromatic heterocycles. The largest absolute Gasteiger partial charge is 0.481 e. The van der Waals surface area contributed by atoms with Gasteiger partial charge in [-0.1, -0.05) is 30.3 Å². The highest BCUT2D eigenvalue weighted by Gasteiger charge is 2.37. The van der Waals surface area contributed by atoms with Crippen molar-refractivity contribution in [3.8, 4) is 5.75 Å². The number of halogens is 1. The summed E-state index contributed by atoms with van der Waals surface area (Å²) in [5, 5.41) is -0.473. The maximum absolute atomic E-state index is 12.9. The van der Waals surface area contributed by atoms with Crippen molar-refractivity contribution in [3.05, 3.63) is 68.5 Å². The molecule has 0 atom stereocenters. The van der Waals surface area contributed by atoms with Crippen LogP contribution in [0.2, 0.25) is 0 Å². The van der Waals surface area contributed by atoms with Gasteiger partial charge in [0.2, 0.25) is 5.91 Å². The molecular weight excluding hydrogens is 524 g/mol. The Balaban J connectivity index is 1.41. The average molecular weight is 545 g/mol. The predicted molar refractivity (Wildman–Crippen MR) is 130 cm³/mol. The second-order valence-electron chi connectivity index (χ2n) is 7.66. The number of benzene rings is 2. The van der Waals surface area contributed by atoms with Gasteiger partial charge in [0.1, 0.15) is 12.3 Å². The Hall–Kier alpha value is -3.11. The van der Waals surface area contributed by atoms with Crippen LogP contribution in [0, 0.1) is 0 Å². The highest BCUT2D eigenvalue weighted by Crippen LogP contribution is 2.34. The Morgan fingerprint density at radius 1 is 1.15 bits per heavy atom. The number of esters is 1. The van der Waals surface area contributed by atoms with Gasteiger partial charge in [0, 0.05) is 13.1 Å². The zero-order chi connectivity index (χ0) is 24.2. The number of hydrogen-bond acceptors (Lipinski definition) is 7. The van der Waals surface area contributed by atoms with Gasteiger partial charge in [0.25, 0.3) is 11.1 Å². The van der Waals surface area contributed by atoms with Crippen LogP contribution >= 0.6 is 27.7 Å². The topological polar surface area (TPSA) is 93.2 Å². The number of imide groups is 1. The molecule has 0 aliphatic carbocycles. The van der Waals surface area contributed by atoms with Crippen molar-refractivity contribution in [1.29, 1.82) is 0 Å². The van der Waals surface area contributed by atoms with E-state index < -0.39 is 17.1 Å². The van der Waals surface area contributed by atoms with E-state index in [1.807, 2.05) is 18.2 Å². The molecule has 1 saturated heterocycles. The summed E-state index contributed by atoms with van der Waals surface area (Å²) in [5.74, 6) is -0.826. The van der Waals surface area contributed by atoms with Crippen molar-refractivity contribution in [3.63, 3.8) is 0 Å². The zero-order valence-electron chi connectivity index (χ0n) is 18.3. The first-order chi connectivity index (χ1) is 16.4. The van der Waals surface area contributed by atoms with E-state index >= 15 is 0 Å². The van der Waals surface area contributed by atoms with Crippen molar-refractivity contribution < 1.29 is 28.7 Å². The first-order valence-corrected chi connectivity index (χ1v) is 12.1. The van der Waals surface area contributed by atoms with Crippen LogP contribution in [0.3, 0.4) is 0 Å². The summed E-state index contributed by atoms with van der Waals surface area (Å²) < 4.78 is 10.5. The smallest absolute Gasteiger partial charge is 0.343 e. The number of rotatable bonds is 6. The summed E-state index contributed by atoms with van der Waals surface area (Å²) in [6.45, 7) is 0.512. The second kappa shape index (κ2) is 10.4. The van der Waals surface area contributed by atoms with Crippen LogP contribution in [0.4, 0.5) is 4.79 Å².